The zero-order valence-corrected chi connectivity index (χ0v) is 21.4. The van der Waals surface area contributed by atoms with Gasteiger partial charge in [-0.25, -0.2) is 4.98 Å². The number of aromatic nitrogens is 3. The zero-order valence-electron chi connectivity index (χ0n) is 19.9. The minimum absolute atomic E-state index is 0.0226. The summed E-state index contributed by atoms with van der Waals surface area (Å²) >= 11 is 12.0. The fourth-order valence-corrected chi connectivity index (χ4v) is 4.92. The number of halogens is 1. The van der Waals surface area contributed by atoms with E-state index in [0.29, 0.717) is 16.6 Å². The van der Waals surface area contributed by atoms with E-state index in [4.69, 9.17) is 23.8 Å². The second-order valence-corrected chi connectivity index (χ2v) is 9.36. The van der Waals surface area contributed by atoms with Crippen molar-refractivity contribution in [3.63, 3.8) is 0 Å². The first-order valence-electron chi connectivity index (χ1n) is 11.7. The van der Waals surface area contributed by atoms with Crippen molar-refractivity contribution in [3.8, 4) is 5.82 Å². The lowest BCUT2D eigenvalue weighted by Gasteiger charge is -2.29. The number of hydrogen-bond donors (Lipinski definition) is 2. The molecule has 1 aromatic carbocycles. The van der Waals surface area contributed by atoms with Gasteiger partial charge in [-0.3, -0.25) is 9.78 Å². The number of rotatable bonds is 6. The Labute approximate surface area is 220 Å². The van der Waals surface area contributed by atoms with E-state index in [-0.39, 0.29) is 18.0 Å². The van der Waals surface area contributed by atoms with Crippen molar-refractivity contribution in [2.24, 2.45) is 0 Å². The number of carbonyl (C=O) groups excluding carboxylic acids is 1. The SMILES string of the molecule is CCC(=O)Nc1ccc(N2C(=S)N[C@@H](c3ccccn3)[C@H]2c2cccn2-c2ccc(Cl)cn2)cc1C. The summed E-state index contributed by atoms with van der Waals surface area (Å²) in [4.78, 5) is 23.2. The van der Waals surface area contributed by atoms with Gasteiger partial charge in [-0.1, -0.05) is 24.6 Å². The van der Waals surface area contributed by atoms with Crippen LogP contribution in [0.5, 0.6) is 0 Å². The maximum atomic E-state index is 12.0. The molecule has 4 aromatic rings. The van der Waals surface area contributed by atoms with E-state index in [9.17, 15) is 4.79 Å². The monoisotopic (exact) mass is 516 g/mol. The van der Waals surface area contributed by atoms with Crippen LogP contribution >= 0.6 is 23.8 Å². The molecule has 2 N–H and O–H groups in total. The molecular weight excluding hydrogens is 492 g/mol. The predicted octanol–water partition coefficient (Wildman–Crippen LogP) is 5.75. The molecule has 5 rings (SSSR count). The molecule has 0 unspecified atom stereocenters. The quantitative estimate of drug-likeness (QED) is 0.318. The normalized spacial score (nSPS) is 17.2. The molecule has 0 bridgehead atoms. The van der Waals surface area contributed by atoms with Gasteiger partial charge in [-0.05, 0) is 79.3 Å². The number of thiocarbonyl (C=S) groups is 1. The van der Waals surface area contributed by atoms with E-state index >= 15 is 0 Å². The van der Waals surface area contributed by atoms with E-state index in [0.717, 1.165) is 34.1 Å². The first-order chi connectivity index (χ1) is 17.5. The Morgan fingerprint density at radius 2 is 2.00 bits per heavy atom. The third-order valence-electron chi connectivity index (χ3n) is 6.22. The molecule has 182 valence electrons. The van der Waals surface area contributed by atoms with Gasteiger partial charge in [0.2, 0.25) is 5.91 Å². The van der Waals surface area contributed by atoms with Gasteiger partial charge >= 0.3 is 0 Å². The molecule has 0 radical (unpaired) electrons. The molecule has 7 nitrogen and oxygen atoms in total. The fourth-order valence-electron chi connectivity index (χ4n) is 4.46. The largest absolute Gasteiger partial charge is 0.351 e. The summed E-state index contributed by atoms with van der Waals surface area (Å²) in [6.07, 6.45) is 5.83. The van der Waals surface area contributed by atoms with Crippen molar-refractivity contribution in [2.75, 3.05) is 10.2 Å². The van der Waals surface area contributed by atoms with E-state index < -0.39 is 0 Å². The van der Waals surface area contributed by atoms with Crippen LogP contribution in [-0.2, 0) is 4.79 Å². The number of amides is 1. The number of pyridine rings is 2. The highest BCUT2D eigenvalue weighted by Gasteiger charge is 2.42. The predicted molar refractivity (Wildman–Crippen MR) is 147 cm³/mol. The number of nitrogens with zero attached hydrogens (tertiary/aromatic N) is 4. The molecule has 4 heterocycles. The van der Waals surface area contributed by atoms with Crippen molar-refractivity contribution in [1.29, 1.82) is 0 Å². The van der Waals surface area contributed by atoms with Crippen LogP contribution in [0.25, 0.3) is 5.82 Å². The van der Waals surface area contributed by atoms with E-state index in [1.807, 2.05) is 79.2 Å². The molecule has 1 amide bonds. The first-order valence-corrected chi connectivity index (χ1v) is 12.4. The number of carbonyl (C=O) groups is 1. The number of anilines is 2. The minimum atomic E-state index is -0.213. The molecule has 0 aliphatic carbocycles. The lowest BCUT2D eigenvalue weighted by Crippen LogP contribution is -2.30. The highest BCUT2D eigenvalue weighted by molar-refractivity contribution is 7.80. The third-order valence-corrected chi connectivity index (χ3v) is 6.76. The molecule has 3 aromatic heterocycles. The van der Waals surface area contributed by atoms with Crippen LogP contribution in [0.2, 0.25) is 5.02 Å². The maximum absolute atomic E-state index is 12.0. The lowest BCUT2D eigenvalue weighted by molar-refractivity contribution is -0.115. The van der Waals surface area contributed by atoms with Crippen molar-refractivity contribution in [3.05, 3.63) is 101 Å². The second kappa shape index (κ2) is 10.1. The van der Waals surface area contributed by atoms with Crippen molar-refractivity contribution in [1.82, 2.24) is 19.9 Å². The Kier molecular flexibility index (Phi) is 6.71. The van der Waals surface area contributed by atoms with Gasteiger partial charge < -0.3 is 20.1 Å². The standard InChI is InChI=1S/C27H25ClN6OS/c1-3-24(35)31-20-11-10-19(15-17(20)2)34-26(25(32-27(34)36)21-7-4-5-13-29-21)22-8-6-14-33(22)23-12-9-18(28)16-30-23/h4-16,25-26H,3H2,1-2H3,(H,31,35)(H,32,36)/t25-,26+/m0/s1. The molecular formula is C27H25ClN6OS. The highest BCUT2D eigenvalue weighted by atomic mass is 35.5. The van der Waals surface area contributed by atoms with Gasteiger partial charge in [0.25, 0.3) is 0 Å². The van der Waals surface area contributed by atoms with Gasteiger partial charge in [-0.15, -0.1) is 0 Å². The first kappa shape index (κ1) is 24.0. The van der Waals surface area contributed by atoms with Crippen molar-refractivity contribution >= 4 is 46.2 Å². The average molecular weight is 517 g/mol. The van der Waals surface area contributed by atoms with Crippen LogP contribution in [0.3, 0.4) is 0 Å². The summed E-state index contributed by atoms with van der Waals surface area (Å²) in [6.45, 7) is 3.81. The smallest absolute Gasteiger partial charge is 0.224 e. The van der Waals surface area contributed by atoms with Crippen LogP contribution in [-0.4, -0.2) is 25.6 Å². The Hall–Kier alpha value is -3.75. The summed E-state index contributed by atoms with van der Waals surface area (Å²) < 4.78 is 2.04. The Balaban J connectivity index is 1.61. The molecule has 1 aliphatic rings. The zero-order chi connectivity index (χ0) is 25.2. The Morgan fingerprint density at radius 3 is 2.69 bits per heavy atom. The van der Waals surface area contributed by atoms with Gasteiger partial charge in [0.05, 0.1) is 16.8 Å². The van der Waals surface area contributed by atoms with Crippen molar-refractivity contribution < 1.29 is 4.79 Å². The third kappa shape index (κ3) is 4.57. The Morgan fingerprint density at radius 1 is 1.14 bits per heavy atom. The maximum Gasteiger partial charge on any atom is 0.224 e. The summed E-state index contributed by atoms with van der Waals surface area (Å²) in [5.74, 6) is 0.733. The van der Waals surface area contributed by atoms with Gasteiger partial charge in [-0.2, -0.15) is 0 Å². The van der Waals surface area contributed by atoms with E-state index in [2.05, 4.69) is 31.6 Å². The molecule has 1 fully saturated rings. The molecule has 0 saturated carbocycles. The number of benzene rings is 1. The van der Waals surface area contributed by atoms with Crippen LogP contribution in [0.15, 0.2) is 79.3 Å². The highest BCUT2D eigenvalue weighted by Crippen LogP contribution is 2.42. The average Bonchev–Trinajstić information content (AvgIpc) is 3.50. The summed E-state index contributed by atoms with van der Waals surface area (Å²) in [6, 6.07) is 19.2. The topological polar surface area (TPSA) is 75.1 Å². The van der Waals surface area contributed by atoms with Crippen molar-refractivity contribution in [2.45, 2.75) is 32.4 Å². The molecule has 2 atom stereocenters. The summed E-state index contributed by atoms with van der Waals surface area (Å²) in [7, 11) is 0. The summed E-state index contributed by atoms with van der Waals surface area (Å²) in [5, 5.41) is 7.62. The van der Waals surface area contributed by atoms with Crippen LogP contribution in [0.4, 0.5) is 11.4 Å². The minimum Gasteiger partial charge on any atom is -0.351 e. The van der Waals surface area contributed by atoms with Gasteiger partial charge in [0.15, 0.2) is 5.11 Å². The fraction of sp³-hybridized carbons (Fsp3) is 0.185. The number of hydrogen-bond acceptors (Lipinski definition) is 4. The molecule has 36 heavy (non-hydrogen) atoms. The van der Waals surface area contributed by atoms with Crippen LogP contribution in [0, 0.1) is 6.92 Å². The lowest BCUT2D eigenvalue weighted by atomic mass is 10.0. The van der Waals surface area contributed by atoms with E-state index in [1.54, 1.807) is 12.4 Å². The number of nitrogens with one attached hydrogen (secondary N) is 2. The van der Waals surface area contributed by atoms with Gasteiger partial charge in [0, 0.05) is 42.1 Å². The van der Waals surface area contributed by atoms with Crippen LogP contribution < -0.4 is 15.5 Å². The molecule has 9 heteroatoms. The molecule has 1 saturated heterocycles. The number of aryl methyl sites for hydroxylation is 1. The van der Waals surface area contributed by atoms with Gasteiger partial charge in [0.1, 0.15) is 11.9 Å². The van der Waals surface area contributed by atoms with E-state index in [1.165, 1.54) is 0 Å². The Bertz CT molecular complexity index is 1410. The second-order valence-electron chi connectivity index (χ2n) is 8.54. The molecule has 0 spiro atoms. The molecule has 1 aliphatic heterocycles. The van der Waals surface area contributed by atoms with Crippen LogP contribution in [0.1, 0.15) is 42.4 Å². The summed E-state index contributed by atoms with van der Waals surface area (Å²) in [5.41, 5.74) is 4.53.